The zero-order valence-corrected chi connectivity index (χ0v) is 12.8. The molecule has 0 heterocycles. The van der Waals surface area contributed by atoms with Gasteiger partial charge in [-0.15, -0.1) is 0 Å². The number of fused-ring (bicyclic) bond motifs is 5. The first kappa shape index (κ1) is 12.2. The second-order valence-electron chi connectivity index (χ2n) is 6.57. The molecule has 2 bridgehead atoms. The Hall–Kier alpha value is 0.200. The molecule has 96 valence electrons. The summed E-state index contributed by atoms with van der Waals surface area (Å²) in [7, 11) is 0. The molecule has 3 saturated carbocycles. The van der Waals surface area contributed by atoms with Crippen LogP contribution in [0.1, 0.15) is 46.0 Å². The third-order valence-corrected chi connectivity index (χ3v) is 5.55. The summed E-state index contributed by atoms with van der Waals surface area (Å²) in [6.45, 7) is 3.86. The average Bonchev–Trinajstić information content (AvgIpc) is 2.85. The van der Waals surface area contributed by atoms with Crippen molar-refractivity contribution >= 4 is 28.6 Å². The molecule has 3 aliphatic rings. The van der Waals surface area contributed by atoms with E-state index in [-0.39, 0.29) is 15.5 Å². The van der Waals surface area contributed by atoms with Crippen molar-refractivity contribution in [1.29, 1.82) is 0 Å². The number of hydrogen-bond acceptors (Lipinski definition) is 2. The van der Waals surface area contributed by atoms with Crippen molar-refractivity contribution in [2.75, 3.05) is 0 Å². The lowest BCUT2D eigenvalue weighted by Gasteiger charge is -2.32. The zero-order valence-electron chi connectivity index (χ0n) is 10.6. The van der Waals surface area contributed by atoms with E-state index in [2.05, 4.69) is 22.6 Å². The highest BCUT2D eigenvalue weighted by Gasteiger charge is 2.55. The third kappa shape index (κ3) is 2.02. The van der Waals surface area contributed by atoms with Gasteiger partial charge in [-0.3, -0.25) is 4.79 Å². The predicted octanol–water partition coefficient (Wildman–Crippen LogP) is 3.57. The van der Waals surface area contributed by atoms with Gasteiger partial charge in [-0.2, -0.15) is 0 Å². The number of hydrogen-bond donors (Lipinski definition) is 0. The molecule has 0 aromatic heterocycles. The van der Waals surface area contributed by atoms with Crippen LogP contribution in [0.5, 0.6) is 0 Å². The molecular weight excluding hydrogens is 327 g/mol. The SMILES string of the molecule is CC(C)(I)C(=O)OC1CC2CC1C1CCCC21. The quantitative estimate of drug-likeness (QED) is 0.433. The minimum Gasteiger partial charge on any atom is -0.461 e. The van der Waals surface area contributed by atoms with Crippen LogP contribution >= 0.6 is 22.6 Å². The smallest absolute Gasteiger partial charge is 0.321 e. The Morgan fingerprint density at radius 3 is 2.59 bits per heavy atom. The maximum absolute atomic E-state index is 12.0. The fraction of sp³-hybridized carbons (Fsp3) is 0.929. The van der Waals surface area contributed by atoms with Gasteiger partial charge in [0, 0.05) is 0 Å². The van der Waals surface area contributed by atoms with Gasteiger partial charge in [-0.05, 0) is 63.2 Å². The van der Waals surface area contributed by atoms with Crippen LogP contribution in [0.25, 0.3) is 0 Å². The number of rotatable bonds is 2. The fourth-order valence-electron chi connectivity index (χ4n) is 4.42. The summed E-state index contributed by atoms with van der Waals surface area (Å²) in [5, 5.41) is 0. The van der Waals surface area contributed by atoms with Gasteiger partial charge in [0.25, 0.3) is 0 Å². The number of alkyl halides is 1. The van der Waals surface area contributed by atoms with Gasteiger partial charge in [-0.25, -0.2) is 0 Å². The second kappa shape index (κ2) is 4.10. The summed E-state index contributed by atoms with van der Waals surface area (Å²) in [6, 6.07) is 0. The van der Waals surface area contributed by atoms with E-state index in [1.807, 2.05) is 13.8 Å². The molecule has 2 nitrogen and oxygen atoms in total. The Labute approximate surface area is 117 Å². The molecule has 0 amide bonds. The van der Waals surface area contributed by atoms with Gasteiger partial charge in [0.1, 0.15) is 9.53 Å². The van der Waals surface area contributed by atoms with Gasteiger partial charge in [0.15, 0.2) is 0 Å². The highest BCUT2D eigenvalue weighted by atomic mass is 127. The van der Waals surface area contributed by atoms with Crippen LogP contribution in [0.4, 0.5) is 0 Å². The first-order valence-corrected chi connectivity index (χ1v) is 7.94. The maximum atomic E-state index is 12.0. The molecule has 0 aromatic carbocycles. The number of carbonyl (C=O) groups excluding carboxylic acids is 1. The Kier molecular flexibility index (Phi) is 2.96. The van der Waals surface area contributed by atoms with Crippen molar-refractivity contribution < 1.29 is 9.53 Å². The fourth-order valence-corrected chi connectivity index (χ4v) is 4.55. The number of ether oxygens (including phenoxy) is 1. The van der Waals surface area contributed by atoms with Crippen LogP contribution in [0.15, 0.2) is 0 Å². The molecule has 0 radical (unpaired) electrons. The number of carbonyl (C=O) groups is 1. The lowest BCUT2D eigenvalue weighted by atomic mass is 9.80. The van der Waals surface area contributed by atoms with E-state index in [9.17, 15) is 4.79 Å². The van der Waals surface area contributed by atoms with E-state index < -0.39 is 0 Å². The molecule has 5 unspecified atom stereocenters. The van der Waals surface area contributed by atoms with E-state index in [0.717, 1.165) is 24.2 Å². The Morgan fingerprint density at radius 1 is 1.18 bits per heavy atom. The highest BCUT2D eigenvalue weighted by molar-refractivity contribution is 14.1. The third-order valence-electron chi connectivity index (χ3n) is 5.11. The lowest BCUT2D eigenvalue weighted by molar-refractivity contribution is -0.154. The van der Waals surface area contributed by atoms with Crippen molar-refractivity contribution in [1.82, 2.24) is 0 Å². The first-order chi connectivity index (χ1) is 7.97. The summed E-state index contributed by atoms with van der Waals surface area (Å²) in [5.41, 5.74) is 0. The Balaban J connectivity index is 1.66. The monoisotopic (exact) mass is 348 g/mol. The van der Waals surface area contributed by atoms with E-state index in [1.54, 1.807) is 0 Å². The molecule has 3 fully saturated rings. The molecule has 3 aliphatic carbocycles. The molecule has 0 N–H and O–H groups in total. The minimum absolute atomic E-state index is 0.0230. The van der Waals surface area contributed by atoms with Crippen molar-refractivity contribution in [2.45, 2.75) is 55.5 Å². The van der Waals surface area contributed by atoms with Crippen LogP contribution in [0.3, 0.4) is 0 Å². The summed E-state index contributed by atoms with van der Waals surface area (Å²) >= 11 is 2.18. The minimum atomic E-state index is -0.380. The first-order valence-electron chi connectivity index (χ1n) is 6.87. The highest BCUT2D eigenvalue weighted by Crippen LogP contribution is 2.59. The second-order valence-corrected chi connectivity index (χ2v) is 9.27. The maximum Gasteiger partial charge on any atom is 0.321 e. The van der Waals surface area contributed by atoms with Gasteiger partial charge in [0.05, 0.1) is 0 Å². The molecule has 0 spiro atoms. The molecular formula is C14H21IO2. The van der Waals surface area contributed by atoms with Crippen LogP contribution in [0.2, 0.25) is 0 Å². The molecule has 3 rings (SSSR count). The Bertz CT molecular complexity index is 334. The van der Waals surface area contributed by atoms with E-state index in [0.29, 0.717) is 5.92 Å². The lowest BCUT2D eigenvalue weighted by Crippen LogP contribution is -2.36. The van der Waals surface area contributed by atoms with Crippen molar-refractivity contribution in [2.24, 2.45) is 23.7 Å². The van der Waals surface area contributed by atoms with E-state index in [1.165, 1.54) is 25.7 Å². The molecule has 3 heteroatoms. The number of halogens is 1. The molecule has 0 saturated heterocycles. The normalized spacial score (nSPS) is 43.8. The van der Waals surface area contributed by atoms with E-state index in [4.69, 9.17) is 4.74 Å². The van der Waals surface area contributed by atoms with Crippen LogP contribution < -0.4 is 0 Å². The molecule has 17 heavy (non-hydrogen) atoms. The topological polar surface area (TPSA) is 26.3 Å². The summed E-state index contributed by atoms with van der Waals surface area (Å²) in [5.74, 6) is 3.38. The van der Waals surface area contributed by atoms with Gasteiger partial charge in [0.2, 0.25) is 0 Å². The summed E-state index contributed by atoms with van der Waals surface area (Å²) in [6.07, 6.45) is 6.93. The predicted molar refractivity (Wildman–Crippen MR) is 75.0 cm³/mol. The van der Waals surface area contributed by atoms with Crippen LogP contribution in [-0.4, -0.2) is 15.5 Å². The van der Waals surface area contributed by atoms with Gasteiger partial charge < -0.3 is 4.74 Å². The summed E-state index contributed by atoms with van der Waals surface area (Å²) in [4.78, 5) is 12.0. The summed E-state index contributed by atoms with van der Waals surface area (Å²) < 4.78 is 5.39. The van der Waals surface area contributed by atoms with Crippen molar-refractivity contribution in [3.8, 4) is 0 Å². The van der Waals surface area contributed by atoms with Crippen molar-refractivity contribution in [3.05, 3.63) is 0 Å². The zero-order chi connectivity index (χ0) is 12.2. The van der Waals surface area contributed by atoms with Crippen LogP contribution in [-0.2, 0) is 9.53 Å². The van der Waals surface area contributed by atoms with E-state index >= 15 is 0 Å². The average molecular weight is 348 g/mol. The molecule has 5 atom stereocenters. The van der Waals surface area contributed by atoms with Crippen molar-refractivity contribution in [3.63, 3.8) is 0 Å². The van der Waals surface area contributed by atoms with Crippen LogP contribution in [0, 0.1) is 23.7 Å². The standard InChI is InChI=1S/C14H21IO2/c1-14(2,15)13(16)17-12-7-8-6-11(12)10-5-3-4-9(8)10/h8-12H,3-7H2,1-2H3. The van der Waals surface area contributed by atoms with Gasteiger partial charge in [-0.1, -0.05) is 29.0 Å². The van der Waals surface area contributed by atoms with Gasteiger partial charge >= 0.3 is 5.97 Å². The Morgan fingerprint density at radius 2 is 1.88 bits per heavy atom. The largest absolute Gasteiger partial charge is 0.461 e. The number of esters is 1. The molecule has 0 aliphatic heterocycles. The molecule has 0 aromatic rings.